The first-order valence-corrected chi connectivity index (χ1v) is 4.77. The number of anilines is 1. The van der Waals surface area contributed by atoms with E-state index >= 15 is 0 Å². The van der Waals surface area contributed by atoms with Gasteiger partial charge < -0.3 is 5.73 Å². The predicted molar refractivity (Wildman–Crippen MR) is 55.6 cm³/mol. The summed E-state index contributed by atoms with van der Waals surface area (Å²) in [6.07, 6.45) is 1.13. The highest BCUT2D eigenvalue weighted by atomic mass is 15.1. The molecule has 1 aromatic carbocycles. The molecule has 0 fully saturated rings. The van der Waals surface area contributed by atoms with Crippen LogP contribution >= 0.6 is 0 Å². The van der Waals surface area contributed by atoms with Crippen LogP contribution < -0.4 is 5.73 Å². The summed E-state index contributed by atoms with van der Waals surface area (Å²) in [6, 6.07) is 6.79. The molecule has 1 heterocycles. The van der Waals surface area contributed by atoms with Gasteiger partial charge in [-0.25, -0.2) is 0 Å². The van der Waals surface area contributed by atoms with Crippen LogP contribution in [0.15, 0.2) is 18.2 Å². The standard InChI is InChI=1S/C11H16N2/c1-8-11-4-3-10(12)7-9(11)5-6-13(8)2/h3-4,7-8H,5-6,12H2,1-2H3/t8-/m0/s1. The van der Waals surface area contributed by atoms with Gasteiger partial charge in [0.1, 0.15) is 0 Å². The van der Waals surface area contributed by atoms with E-state index < -0.39 is 0 Å². The fraction of sp³-hybridized carbons (Fsp3) is 0.455. The lowest BCUT2D eigenvalue weighted by Gasteiger charge is -2.32. The number of nitrogens with two attached hydrogens (primary N) is 1. The van der Waals surface area contributed by atoms with Crippen LogP contribution in [-0.2, 0) is 6.42 Å². The van der Waals surface area contributed by atoms with E-state index in [0.717, 1.165) is 18.7 Å². The Bertz CT molecular complexity index is 320. The lowest BCUT2D eigenvalue weighted by Crippen LogP contribution is -2.30. The van der Waals surface area contributed by atoms with Gasteiger partial charge in [-0.1, -0.05) is 6.07 Å². The van der Waals surface area contributed by atoms with Gasteiger partial charge in [0.2, 0.25) is 0 Å². The minimum Gasteiger partial charge on any atom is -0.399 e. The first-order chi connectivity index (χ1) is 6.18. The van der Waals surface area contributed by atoms with Gasteiger partial charge in [0, 0.05) is 18.3 Å². The Kier molecular flexibility index (Phi) is 2.00. The van der Waals surface area contributed by atoms with E-state index in [4.69, 9.17) is 5.73 Å². The molecule has 1 aliphatic rings. The quantitative estimate of drug-likeness (QED) is 0.611. The molecule has 0 aromatic heterocycles. The fourth-order valence-electron chi connectivity index (χ4n) is 1.98. The monoisotopic (exact) mass is 176 g/mol. The predicted octanol–water partition coefficient (Wildman–Crippen LogP) is 1.82. The van der Waals surface area contributed by atoms with E-state index in [9.17, 15) is 0 Å². The van der Waals surface area contributed by atoms with Gasteiger partial charge >= 0.3 is 0 Å². The van der Waals surface area contributed by atoms with Gasteiger partial charge in [-0.15, -0.1) is 0 Å². The van der Waals surface area contributed by atoms with Gasteiger partial charge in [-0.3, -0.25) is 4.90 Å². The van der Waals surface area contributed by atoms with Crippen LogP contribution in [0, 0.1) is 0 Å². The second-order valence-electron chi connectivity index (χ2n) is 3.86. The maximum atomic E-state index is 5.75. The first kappa shape index (κ1) is 8.57. The van der Waals surface area contributed by atoms with Gasteiger partial charge in [0.05, 0.1) is 0 Å². The zero-order valence-electron chi connectivity index (χ0n) is 8.25. The number of nitrogens with zero attached hydrogens (tertiary/aromatic N) is 1. The molecular formula is C11H16N2. The summed E-state index contributed by atoms with van der Waals surface area (Å²) in [4.78, 5) is 2.37. The average Bonchev–Trinajstić information content (AvgIpc) is 2.12. The van der Waals surface area contributed by atoms with Crippen LogP contribution in [-0.4, -0.2) is 18.5 Å². The van der Waals surface area contributed by atoms with E-state index in [1.807, 2.05) is 6.07 Å². The molecule has 70 valence electrons. The normalized spacial score (nSPS) is 22.8. The van der Waals surface area contributed by atoms with Gasteiger partial charge in [-0.05, 0) is 43.7 Å². The van der Waals surface area contributed by atoms with Crippen molar-refractivity contribution in [2.75, 3.05) is 19.3 Å². The number of fused-ring (bicyclic) bond motifs is 1. The van der Waals surface area contributed by atoms with Crippen LogP contribution in [0.4, 0.5) is 5.69 Å². The topological polar surface area (TPSA) is 29.3 Å². The molecule has 0 amide bonds. The zero-order chi connectivity index (χ0) is 9.42. The van der Waals surface area contributed by atoms with Crippen molar-refractivity contribution in [3.05, 3.63) is 29.3 Å². The zero-order valence-corrected chi connectivity index (χ0v) is 8.25. The lowest BCUT2D eigenvalue weighted by atomic mass is 9.94. The average molecular weight is 176 g/mol. The van der Waals surface area contributed by atoms with Crippen molar-refractivity contribution < 1.29 is 0 Å². The van der Waals surface area contributed by atoms with Crippen molar-refractivity contribution >= 4 is 5.69 Å². The Morgan fingerprint density at radius 2 is 2.23 bits per heavy atom. The van der Waals surface area contributed by atoms with Crippen molar-refractivity contribution in [3.8, 4) is 0 Å². The molecule has 0 aliphatic carbocycles. The van der Waals surface area contributed by atoms with Crippen LogP contribution in [0.2, 0.25) is 0 Å². The summed E-state index contributed by atoms with van der Waals surface area (Å²) in [5.41, 5.74) is 9.49. The van der Waals surface area contributed by atoms with Crippen molar-refractivity contribution in [3.63, 3.8) is 0 Å². The summed E-state index contributed by atoms with van der Waals surface area (Å²) in [6.45, 7) is 3.38. The third kappa shape index (κ3) is 1.42. The Morgan fingerprint density at radius 3 is 3.00 bits per heavy atom. The molecule has 2 heteroatoms. The van der Waals surface area contributed by atoms with Crippen LogP contribution in [0.3, 0.4) is 0 Å². The largest absolute Gasteiger partial charge is 0.399 e. The fourth-order valence-corrected chi connectivity index (χ4v) is 1.98. The maximum Gasteiger partial charge on any atom is 0.0319 e. The van der Waals surface area contributed by atoms with Crippen LogP contribution in [0.5, 0.6) is 0 Å². The third-order valence-corrected chi connectivity index (χ3v) is 3.01. The van der Waals surface area contributed by atoms with Crippen molar-refractivity contribution in [1.82, 2.24) is 4.90 Å². The number of hydrogen-bond acceptors (Lipinski definition) is 2. The molecule has 0 spiro atoms. The van der Waals surface area contributed by atoms with E-state index in [1.165, 1.54) is 11.1 Å². The highest BCUT2D eigenvalue weighted by Gasteiger charge is 2.20. The number of hydrogen-bond donors (Lipinski definition) is 1. The van der Waals surface area contributed by atoms with Crippen molar-refractivity contribution in [2.45, 2.75) is 19.4 Å². The van der Waals surface area contributed by atoms with Gasteiger partial charge in [-0.2, -0.15) is 0 Å². The Balaban J connectivity index is 2.44. The maximum absolute atomic E-state index is 5.75. The minimum absolute atomic E-state index is 0.532. The molecule has 0 saturated carbocycles. The van der Waals surface area contributed by atoms with E-state index in [-0.39, 0.29) is 0 Å². The number of benzene rings is 1. The molecule has 1 aromatic rings. The number of rotatable bonds is 0. The SMILES string of the molecule is C[C@H]1c2ccc(N)cc2CCN1C. The second-order valence-corrected chi connectivity index (χ2v) is 3.86. The summed E-state index contributed by atoms with van der Waals surface area (Å²) in [7, 11) is 2.17. The first-order valence-electron chi connectivity index (χ1n) is 4.77. The highest BCUT2D eigenvalue weighted by molar-refractivity contribution is 5.46. The van der Waals surface area contributed by atoms with Gasteiger partial charge in [0.25, 0.3) is 0 Å². The molecule has 1 atom stereocenters. The molecule has 0 bridgehead atoms. The van der Waals surface area contributed by atoms with E-state index in [1.54, 1.807) is 0 Å². The summed E-state index contributed by atoms with van der Waals surface area (Å²) in [5.74, 6) is 0. The van der Waals surface area contributed by atoms with Crippen LogP contribution in [0.1, 0.15) is 24.1 Å². The number of nitrogen functional groups attached to an aromatic ring is 1. The van der Waals surface area contributed by atoms with Crippen molar-refractivity contribution in [1.29, 1.82) is 0 Å². The molecule has 2 N–H and O–H groups in total. The third-order valence-electron chi connectivity index (χ3n) is 3.01. The smallest absolute Gasteiger partial charge is 0.0319 e. The molecule has 0 saturated heterocycles. The molecule has 2 rings (SSSR count). The summed E-state index contributed by atoms with van der Waals surface area (Å²) in [5, 5.41) is 0. The summed E-state index contributed by atoms with van der Waals surface area (Å²) < 4.78 is 0. The van der Waals surface area contributed by atoms with Crippen LogP contribution in [0.25, 0.3) is 0 Å². The Hall–Kier alpha value is -1.02. The second kappa shape index (κ2) is 3.04. The van der Waals surface area contributed by atoms with E-state index in [0.29, 0.717) is 6.04 Å². The molecular weight excluding hydrogens is 160 g/mol. The van der Waals surface area contributed by atoms with Gasteiger partial charge in [0.15, 0.2) is 0 Å². The molecule has 13 heavy (non-hydrogen) atoms. The molecule has 0 unspecified atom stereocenters. The number of likely N-dealkylation sites (N-methyl/N-ethyl adjacent to an activating group) is 1. The lowest BCUT2D eigenvalue weighted by molar-refractivity contribution is 0.247. The molecule has 2 nitrogen and oxygen atoms in total. The molecule has 1 aliphatic heterocycles. The van der Waals surface area contributed by atoms with Crippen molar-refractivity contribution in [2.24, 2.45) is 0 Å². The summed E-state index contributed by atoms with van der Waals surface area (Å²) >= 11 is 0. The minimum atomic E-state index is 0.532. The Morgan fingerprint density at radius 1 is 1.46 bits per heavy atom. The highest BCUT2D eigenvalue weighted by Crippen LogP contribution is 2.28. The van der Waals surface area contributed by atoms with E-state index in [2.05, 4.69) is 31.0 Å². The molecule has 0 radical (unpaired) electrons. The Labute approximate surface area is 79.4 Å².